The van der Waals surface area contributed by atoms with E-state index in [0.29, 0.717) is 23.0 Å². The molecule has 2 heterocycles. The van der Waals surface area contributed by atoms with E-state index in [1.807, 2.05) is 42.5 Å². The molecule has 0 spiro atoms. The number of hydrogen-bond acceptors (Lipinski definition) is 6. The highest BCUT2D eigenvalue weighted by Crippen LogP contribution is 2.33. The smallest absolute Gasteiger partial charge is 0.274 e. The van der Waals surface area contributed by atoms with Gasteiger partial charge >= 0.3 is 0 Å². The highest BCUT2D eigenvalue weighted by molar-refractivity contribution is 5.94. The fraction of sp³-hybridized carbons (Fsp3) is 0.265. The number of carbonyl (C=O) groups is 1. The van der Waals surface area contributed by atoms with Crippen LogP contribution in [0.25, 0.3) is 12.2 Å². The van der Waals surface area contributed by atoms with Gasteiger partial charge in [-0.1, -0.05) is 42.5 Å². The Morgan fingerprint density at radius 1 is 0.814 bits per heavy atom. The number of rotatable bonds is 8. The Kier molecular flexibility index (Phi) is 8.92. The summed E-state index contributed by atoms with van der Waals surface area (Å²) in [6.07, 6.45) is 4.28. The molecule has 5 rings (SSSR count). The lowest BCUT2D eigenvalue weighted by Gasteiger charge is -2.29. The van der Waals surface area contributed by atoms with Gasteiger partial charge in [0, 0.05) is 45.8 Å². The van der Waals surface area contributed by atoms with E-state index in [-0.39, 0.29) is 22.4 Å². The lowest BCUT2D eigenvalue weighted by Crippen LogP contribution is -2.56. The first kappa shape index (κ1) is 29.6. The van der Waals surface area contributed by atoms with Crippen LogP contribution in [0.5, 0.6) is 11.5 Å². The number of aromatic nitrogens is 2. The maximum atomic E-state index is 13.2. The lowest BCUT2D eigenvalue weighted by molar-refractivity contribution is 0.0947. The molecule has 0 bridgehead atoms. The number of hydrogen-bond donors (Lipinski definition) is 1. The van der Waals surface area contributed by atoms with E-state index in [9.17, 15) is 14.4 Å². The minimum Gasteiger partial charge on any atom is -0.493 e. The van der Waals surface area contributed by atoms with Crippen molar-refractivity contribution in [2.45, 2.75) is 13.0 Å². The Morgan fingerprint density at radius 3 is 1.95 bits per heavy atom. The van der Waals surface area contributed by atoms with Crippen molar-refractivity contribution in [1.82, 2.24) is 19.4 Å². The normalized spacial score (nSPS) is 14.0. The van der Waals surface area contributed by atoms with Crippen LogP contribution in [-0.2, 0) is 27.1 Å². The fourth-order valence-electron chi connectivity index (χ4n) is 5.32. The first-order valence-corrected chi connectivity index (χ1v) is 14.2. The SMILES string of the molecule is COc1cc2c(cc1OC)CN(CCNC(=O)c1ccc(/C=c3/c(=O)n(C)/c(=C\c4ccccc4)c(=O)n3C)cc1)CC2. The molecule has 1 aliphatic heterocycles. The van der Waals surface area contributed by atoms with Crippen LogP contribution >= 0.6 is 0 Å². The summed E-state index contributed by atoms with van der Waals surface area (Å²) in [6.45, 7) is 2.92. The van der Waals surface area contributed by atoms with Gasteiger partial charge in [0.25, 0.3) is 17.0 Å². The number of methoxy groups -OCH3 is 2. The standard InChI is InChI=1S/C34H36N4O5/c1-36-28(18-23-8-6-5-7-9-23)33(40)37(2)29(34(36)41)19-24-10-12-25(13-11-24)32(39)35-15-17-38-16-14-26-20-30(42-3)31(43-4)21-27(26)22-38/h5-13,18-21H,14-17,22H2,1-4H3,(H,35,39)/b28-18-,29-19-. The van der Waals surface area contributed by atoms with Gasteiger partial charge in [0.15, 0.2) is 11.5 Å². The molecule has 0 saturated heterocycles. The molecule has 1 N–H and O–H groups in total. The maximum Gasteiger partial charge on any atom is 0.274 e. The Bertz CT molecular complexity index is 1880. The molecule has 0 fully saturated rings. The third-order valence-electron chi connectivity index (χ3n) is 7.86. The molecular formula is C34H36N4O5. The molecule has 0 radical (unpaired) electrons. The summed E-state index contributed by atoms with van der Waals surface area (Å²) >= 11 is 0. The summed E-state index contributed by atoms with van der Waals surface area (Å²) in [5.41, 5.74) is 3.97. The van der Waals surface area contributed by atoms with Crippen LogP contribution in [0.4, 0.5) is 0 Å². The molecule has 222 valence electrons. The van der Waals surface area contributed by atoms with E-state index in [2.05, 4.69) is 10.2 Å². The van der Waals surface area contributed by atoms with E-state index in [1.54, 1.807) is 64.7 Å². The molecule has 1 amide bonds. The molecular weight excluding hydrogens is 544 g/mol. The Balaban J connectivity index is 1.24. The van der Waals surface area contributed by atoms with Crippen LogP contribution in [-0.4, -0.2) is 53.8 Å². The van der Waals surface area contributed by atoms with Crippen LogP contribution in [0.2, 0.25) is 0 Å². The minimum atomic E-state index is -0.288. The zero-order valence-electron chi connectivity index (χ0n) is 24.9. The molecule has 9 nitrogen and oxygen atoms in total. The molecule has 43 heavy (non-hydrogen) atoms. The highest BCUT2D eigenvalue weighted by atomic mass is 16.5. The van der Waals surface area contributed by atoms with E-state index >= 15 is 0 Å². The number of nitrogens with zero attached hydrogens (tertiary/aromatic N) is 3. The first-order chi connectivity index (χ1) is 20.8. The largest absolute Gasteiger partial charge is 0.493 e. The molecule has 0 unspecified atom stereocenters. The summed E-state index contributed by atoms with van der Waals surface area (Å²) in [7, 11) is 6.47. The zero-order valence-corrected chi connectivity index (χ0v) is 24.9. The van der Waals surface area contributed by atoms with Crippen molar-refractivity contribution < 1.29 is 14.3 Å². The van der Waals surface area contributed by atoms with Crippen LogP contribution < -0.4 is 36.6 Å². The van der Waals surface area contributed by atoms with Crippen molar-refractivity contribution in [1.29, 1.82) is 0 Å². The Morgan fingerprint density at radius 2 is 1.37 bits per heavy atom. The minimum absolute atomic E-state index is 0.167. The fourth-order valence-corrected chi connectivity index (χ4v) is 5.32. The summed E-state index contributed by atoms with van der Waals surface area (Å²) in [5.74, 6) is 1.30. The number of benzene rings is 3. The number of ether oxygens (including phenoxy) is 2. The van der Waals surface area contributed by atoms with Gasteiger partial charge in [0.2, 0.25) is 0 Å². The molecule has 1 aromatic heterocycles. The molecule has 1 aliphatic rings. The van der Waals surface area contributed by atoms with E-state index in [4.69, 9.17) is 9.47 Å². The number of nitrogens with one attached hydrogen (secondary N) is 1. The third-order valence-corrected chi connectivity index (χ3v) is 7.86. The van der Waals surface area contributed by atoms with Gasteiger partial charge in [0.1, 0.15) is 10.7 Å². The predicted molar refractivity (Wildman–Crippen MR) is 167 cm³/mol. The third kappa shape index (κ3) is 6.47. The van der Waals surface area contributed by atoms with E-state index in [0.717, 1.165) is 43.1 Å². The van der Waals surface area contributed by atoms with Crippen molar-refractivity contribution in [2.24, 2.45) is 14.1 Å². The lowest BCUT2D eigenvalue weighted by atomic mass is 9.99. The summed E-state index contributed by atoms with van der Waals surface area (Å²) in [6, 6.07) is 20.5. The number of fused-ring (bicyclic) bond motifs is 1. The van der Waals surface area contributed by atoms with Crippen LogP contribution in [0.1, 0.15) is 32.6 Å². The number of carbonyl (C=O) groups excluding carboxylic acids is 1. The van der Waals surface area contributed by atoms with Gasteiger partial charge in [0.05, 0.1) is 14.2 Å². The molecule has 0 atom stereocenters. The van der Waals surface area contributed by atoms with E-state index in [1.165, 1.54) is 20.3 Å². The molecule has 9 heteroatoms. The van der Waals surface area contributed by atoms with Gasteiger partial charge in [-0.05, 0) is 65.1 Å². The summed E-state index contributed by atoms with van der Waals surface area (Å²) in [4.78, 5) is 41.4. The Labute approximate surface area is 249 Å². The summed E-state index contributed by atoms with van der Waals surface area (Å²) < 4.78 is 13.6. The monoisotopic (exact) mass is 580 g/mol. The predicted octanol–water partition coefficient (Wildman–Crippen LogP) is 1.55. The van der Waals surface area contributed by atoms with Crippen LogP contribution in [0.15, 0.2) is 76.3 Å². The average molecular weight is 581 g/mol. The molecule has 0 aliphatic carbocycles. The first-order valence-electron chi connectivity index (χ1n) is 14.2. The van der Waals surface area contributed by atoms with Crippen molar-refractivity contribution >= 4 is 18.1 Å². The quantitative estimate of drug-likeness (QED) is 0.340. The van der Waals surface area contributed by atoms with Gasteiger partial charge in [-0.2, -0.15) is 0 Å². The van der Waals surface area contributed by atoms with Crippen molar-refractivity contribution in [2.75, 3.05) is 33.9 Å². The van der Waals surface area contributed by atoms with E-state index < -0.39 is 0 Å². The van der Waals surface area contributed by atoms with Gasteiger partial charge < -0.3 is 23.9 Å². The second-order valence-corrected chi connectivity index (χ2v) is 10.6. The van der Waals surface area contributed by atoms with Gasteiger partial charge in [-0.15, -0.1) is 0 Å². The highest BCUT2D eigenvalue weighted by Gasteiger charge is 2.19. The summed E-state index contributed by atoms with van der Waals surface area (Å²) in [5, 5.41) is 3.56. The Hall–Kier alpha value is -4.89. The van der Waals surface area contributed by atoms with Gasteiger partial charge in [-0.3, -0.25) is 19.3 Å². The second kappa shape index (κ2) is 13.0. The molecule has 4 aromatic rings. The van der Waals surface area contributed by atoms with Crippen molar-refractivity contribution in [3.8, 4) is 11.5 Å². The van der Waals surface area contributed by atoms with Crippen LogP contribution in [0.3, 0.4) is 0 Å². The topological polar surface area (TPSA) is 94.8 Å². The number of amides is 1. The van der Waals surface area contributed by atoms with Crippen molar-refractivity contribution in [3.05, 3.63) is 126 Å². The van der Waals surface area contributed by atoms with Crippen molar-refractivity contribution in [3.63, 3.8) is 0 Å². The van der Waals surface area contributed by atoms with Gasteiger partial charge in [-0.25, -0.2) is 0 Å². The second-order valence-electron chi connectivity index (χ2n) is 10.6. The maximum absolute atomic E-state index is 13.2. The van der Waals surface area contributed by atoms with Crippen LogP contribution in [0, 0.1) is 0 Å². The molecule has 0 saturated carbocycles. The molecule has 3 aromatic carbocycles. The zero-order chi connectivity index (χ0) is 30.5. The average Bonchev–Trinajstić information content (AvgIpc) is 3.04.